The Kier molecular flexibility index (Phi) is 3.98. The van der Waals surface area contributed by atoms with E-state index >= 15 is 0 Å². The zero-order valence-corrected chi connectivity index (χ0v) is 13.7. The van der Waals surface area contributed by atoms with Crippen molar-refractivity contribution in [3.8, 4) is 0 Å². The molecule has 0 bridgehead atoms. The SMILES string of the molecule is CC1(C)COP(=O)([C@](C)(O)c2cccc(Br)c2)OC1. The third-order valence-electron chi connectivity index (χ3n) is 3.16. The first-order chi connectivity index (χ1) is 8.66. The van der Waals surface area contributed by atoms with Crippen LogP contribution in [-0.2, 0) is 19.0 Å². The van der Waals surface area contributed by atoms with Crippen LogP contribution < -0.4 is 0 Å². The molecule has 0 spiro atoms. The van der Waals surface area contributed by atoms with E-state index in [9.17, 15) is 9.67 Å². The third kappa shape index (κ3) is 2.96. The maximum absolute atomic E-state index is 12.7. The maximum atomic E-state index is 12.7. The summed E-state index contributed by atoms with van der Waals surface area (Å²) in [6, 6.07) is 7.03. The van der Waals surface area contributed by atoms with Crippen LogP contribution in [0.5, 0.6) is 0 Å². The Balaban J connectivity index is 2.32. The topological polar surface area (TPSA) is 55.8 Å². The van der Waals surface area contributed by atoms with Crippen molar-refractivity contribution in [1.82, 2.24) is 0 Å². The molecular weight excluding hydrogens is 331 g/mol. The summed E-state index contributed by atoms with van der Waals surface area (Å²) >= 11 is 3.33. The molecule has 0 amide bonds. The maximum Gasteiger partial charge on any atom is 0.366 e. The van der Waals surface area contributed by atoms with Gasteiger partial charge in [0.2, 0.25) is 0 Å². The van der Waals surface area contributed by atoms with E-state index in [-0.39, 0.29) is 5.41 Å². The predicted molar refractivity (Wildman–Crippen MR) is 77.0 cm³/mol. The lowest BCUT2D eigenvalue weighted by Crippen LogP contribution is -2.35. The summed E-state index contributed by atoms with van der Waals surface area (Å²) in [5.74, 6) is 0. The van der Waals surface area contributed by atoms with Gasteiger partial charge >= 0.3 is 7.60 Å². The molecule has 0 aliphatic carbocycles. The molecule has 0 unspecified atom stereocenters. The minimum atomic E-state index is -3.60. The molecule has 0 aromatic heterocycles. The standard InChI is InChI=1S/C13H18BrO4P/c1-12(2)8-17-19(16,18-9-12)13(3,15)10-5-4-6-11(14)7-10/h4-7,15H,8-9H2,1-3H3/t13-/m0/s1. The molecule has 6 heteroatoms. The monoisotopic (exact) mass is 348 g/mol. The molecule has 1 aliphatic heterocycles. The van der Waals surface area contributed by atoms with Crippen LogP contribution in [0.3, 0.4) is 0 Å². The Morgan fingerprint density at radius 2 is 1.95 bits per heavy atom. The van der Waals surface area contributed by atoms with Gasteiger partial charge in [0, 0.05) is 9.89 Å². The third-order valence-corrected chi connectivity index (χ3v) is 5.91. The second kappa shape index (κ2) is 4.97. The first kappa shape index (κ1) is 15.2. The van der Waals surface area contributed by atoms with Gasteiger partial charge in [-0.2, -0.15) is 0 Å². The molecule has 0 saturated carbocycles. The summed E-state index contributed by atoms with van der Waals surface area (Å²) in [5.41, 5.74) is 0.311. The van der Waals surface area contributed by atoms with E-state index in [0.29, 0.717) is 18.8 Å². The summed E-state index contributed by atoms with van der Waals surface area (Å²) < 4.78 is 24.4. The van der Waals surface area contributed by atoms with Gasteiger partial charge in [-0.3, -0.25) is 4.57 Å². The van der Waals surface area contributed by atoms with Crippen molar-refractivity contribution in [2.45, 2.75) is 26.1 Å². The molecule has 4 nitrogen and oxygen atoms in total. The number of benzene rings is 1. The van der Waals surface area contributed by atoms with E-state index in [1.807, 2.05) is 19.9 Å². The van der Waals surface area contributed by atoms with E-state index < -0.39 is 12.9 Å². The van der Waals surface area contributed by atoms with Gasteiger partial charge in [-0.15, -0.1) is 0 Å². The highest BCUT2D eigenvalue weighted by Gasteiger charge is 2.51. The highest BCUT2D eigenvalue weighted by molar-refractivity contribution is 9.10. The number of halogens is 1. The first-order valence-corrected chi connectivity index (χ1v) is 8.38. The van der Waals surface area contributed by atoms with Crippen molar-refractivity contribution >= 4 is 23.5 Å². The summed E-state index contributed by atoms with van der Waals surface area (Å²) in [5, 5.41) is 8.97. The van der Waals surface area contributed by atoms with E-state index in [4.69, 9.17) is 9.05 Å². The number of hydrogen-bond donors (Lipinski definition) is 1. The Morgan fingerprint density at radius 1 is 1.37 bits per heavy atom. The Morgan fingerprint density at radius 3 is 2.47 bits per heavy atom. The first-order valence-electron chi connectivity index (χ1n) is 6.04. The lowest BCUT2D eigenvalue weighted by Gasteiger charge is -2.40. The average molecular weight is 349 g/mol. The number of hydrogen-bond acceptors (Lipinski definition) is 4. The van der Waals surface area contributed by atoms with Crippen LogP contribution in [0.15, 0.2) is 28.7 Å². The molecular formula is C13H18BrO4P. The Bertz CT molecular complexity index is 513. The van der Waals surface area contributed by atoms with Crippen molar-refractivity contribution in [3.05, 3.63) is 34.3 Å². The molecule has 1 fully saturated rings. The molecule has 106 valence electrons. The van der Waals surface area contributed by atoms with Gasteiger partial charge in [0.25, 0.3) is 0 Å². The van der Waals surface area contributed by atoms with Crippen LogP contribution in [0.4, 0.5) is 0 Å². The van der Waals surface area contributed by atoms with Gasteiger partial charge in [0.1, 0.15) is 0 Å². The Hall–Kier alpha value is -0.190. The fourth-order valence-corrected chi connectivity index (χ4v) is 4.26. The second-order valence-electron chi connectivity index (χ2n) is 5.74. The number of aliphatic hydroxyl groups is 1. The van der Waals surface area contributed by atoms with Gasteiger partial charge in [-0.1, -0.05) is 41.9 Å². The lowest BCUT2D eigenvalue weighted by molar-refractivity contribution is 0.000363. The molecule has 2 rings (SSSR count). The van der Waals surface area contributed by atoms with E-state index in [2.05, 4.69) is 15.9 Å². The molecule has 1 heterocycles. The fourth-order valence-electron chi connectivity index (χ4n) is 1.79. The molecule has 0 radical (unpaired) electrons. The van der Waals surface area contributed by atoms with E-state index in [1.54, 1.807) is 18.2 Å². The van der Waals surface area contributed by atoms with Gasteiger partial charge in [0.05, 0.1) is 13.2 Å². The van der Waals surface area contributed by atoms with Crippen LogP contribution in [0.2, 0.25) is 0 Å². The van der Waals surface area contributed by atoms with Gasteiger partial charge < -0.3 is 14.2 Å². The quantitative estimate of drug-likeness (QED) is 0.824. The second-order valence-corrected chi connectivity index (χ2v) is 9.04. The Labute approximate surface area is 121 Å². The summed E-state index contributed by atoms with van der Waals surface area (Å²) in [4.78, 5) is 0. The van der Waals surface area contributed by atoms with E-state index in [1.165, 1.54) is 6.92 Å². The van der Waals surface area contributed by atoms with Crippen molar-refractivity contribution in [2.24, 2.45) is 5.41 Å². The van der Waals surface area contributed by atoms with Crippen molar-refractivity contribution in [2.75, 3.05) is 13.2 Å². The molecule has 1 atom stereocenters. The van der Waals surface area contributed by atoms with Crippen molar-refractivity contribution in [3.63, 3.8) is 0 Å². The molecule has 1 aromatic carbocycles. The molecule has 1 saturated heterocycles. The summed E-state index contributed by atoms with van der Waals surface area (Å²) in [6.45, 7) is 5.99. The van der Waals surface area contributed by atoms with Gasteiger partial charge in [-0.05, 0) is 24.6 Å². The lowest BCUT2D eigenvalue weighted by atomic mass is 9.97. The van der Waals surface area contributed by atoms with Gasteiger partial charge in [-0.25, -0.2) is 0 Å². The molecule has 1 aliphatic rings. The van der Waals surface area contributed by atoms with Crippen LogP contribution in [-0.4, -0.2) is 18.3 Å². The fraction of sp³-hybridized carbons (Fsp3) is 0.538. The zero-order chi connectivity index (χ0) is 14.3. The minimum absolute atomic E-state index is 0.193. The largest absolute Gasteiger partial charge is 0.373 e. The average Bonchev–Trinajstić information content (AvgIpc) is 2.33. The normalized spacial score (nSPS) is 24.7. The summed E-state index contributed by atoms with van der Waals surface area (Å²) in [6.07, 6.45) is 0. The smallest absolute Gasteiger partial charge is 0.366 e. The predicted octanol–water partition coefficient (Wildman–Crippen LogP) is 3.88. The number of rotatable bonds is 2. The van der Waals surface area contributed by atoms with Crippen molar-refractivity contribution < 1.29 is 18.7 Å². The van der Waals surface area contributed by atoms with Crippen LogP contribution in [0.1, 0.15) is 26.3 Å². The van der Waals surface area contributed by atoms with E-state index in [0.717, 1.165) is 4.47 Å². The van der Waals surface area contributed by atoms with Crippen LogP contribution in [0, 0.1) is 5.41 Å². The summed E-state index contributed by atoms with van der Waals surface area (Å²) in [7, 11) is -3.60. The van der Waals surface area contributed by atoms with Crippen LogP contribution >= 0.6 is 23.5 Å². The van der Waals surface area contributed by atoms with Crippen molar-refractivity contribution in [1.29, 1.82) is 0 Å². The zero-order valence-electron chi connectivity index (χ0n) is 11.2. The minimum Gasteiger partial charge on any atom is -0.373 e. The molecule has 1 aromatic rings. The highest BCUT2D eigenvalue weighted by atomic mass is 79.9. The molecule has 19 heavy (non-hydrogen) atoms. The van der Waals surface area contributed by atoms with Gasteiger partial charge in [0.15, 0.2) is 5.34 Å². The highest BCUT2D eigenvalue weighted by Crippen LogP contribution is 2.66. The van der Waals surface area contributed by atoms with Crippen LogP contribution in [0.25, 0.3) is 0 Å². The molecule has 1 N–H and O–H groups in total.